The Balaban J connectivity index is 1.64. The van der Waals surface area contributed by atoms with Gasteiger partial charge in [-0.1, -0.05) is 0 Å². The van der Waals surface area contributed by atoms with Crippen LogP contribution in [0.3, 0.4) is 0 Å². The number of aromatic nitrogens is 3. The standard InChI is InChI=1S/C18H11F2N5O3/c19-15(20)8-22-12-3-1-9(5-11(12)7-21)16-24-25-17(28-16)10-2-4-14-13(6-10)23-18(26)27-14/h1-6,15,22H,8H2,(H,23,26). The topological polar surface area (TPSA) is 121 Å². The lowest BCUT2D eigenvalue weighted by Gasteiger charge is -2.08. The number of nitrogens with zero attached hydrogens (tertiary/aromatic N) is 3. The van der Waals surface area contributed by atoms with Crippen molar-refractivity contribution in [3.63, 3.8) is 0 Å². The molecular weight excluding hydrogens is 372 g/mol. The molecule has 0 bridgehead atoms. The van der Waals surface area contributed by atoms with Crippen LogP contribution in [0.2, 0.25) is 0 Å². The highest BCUT2D eigenvalue weighted by Crippen LogP contribution is 2.28. The molecule has 4 rings (SSSR count). The van der Waals surface area contributed by atoms with E-state index in [1.807, 2.05) is 6.07 Å². The Morgan fingerprint density at radius 2 is 1.82 bits per heavy atom. The van der Waals surface area contributed by atoms with E-state index in [1.165, 1.54) is 12.1 Å². The van der Waals surface area contributed by atoms with E-state index >= 15 is 0 Å². The molecular formula is C18H11F2N5O3. The predicted octanol–water partition coefficient (Wildman–Crippen LogP) is 3.39. The van der Waals surface area contributed by atoms with Crippen molar-refractivity contribution in [1.29, 1.82) is 5.26 Å². The minimum atomic E-state index is -2.53. The summed E-state index contributed by atoms with van der Waals surface area (Å²) in [5, 5.41) is 19.7. The van der Waals surface area contributed by atoms with Gasteiger partial charge in [0.1, 0.15) is 6.07 Å². The highest BCUT2D eigenvalue weighted by atomic mass is 19.3. The number of nitrogens with one attached hydrogen (secondary N) is 2. The summed E-state index contributed by atoms with van der Waals surface area (Å²) in [7, 11) is 0. The summed E-state index contributed by atoms with van der Waals surface area (Å²) in [5.41, 5.74) is 2.40. The van der Waals surface area contributed by atoms with Crippen LogP contribution in [0.1, 0.15) is 5.56 Å². The molecule has 10 heteroatoms. The van der Waals surface area contributed by atoms with Crippen molar-refractivity contribution in [3.8, 4) is 29.0 Å². The normalized spacial score (nSPS) is 11.1. The number of hydrogen-bond acceptors (Lipinski definition) is 7. The molecule has 0 aliphatic carbocycles. The number of alkyl halides is 2. The average Bonchev–Trinajstić information content (AvgIpc) is 3.31. The number of H-pyrrole nitrogens is 1. The zero-order valence-electron chi connectivity index (χ0n) is 14.1. The van der Waals surface area contributed by atoms with Gasteiger partial charge < -0.3 is 14.2 Å². The van der Waals surface area contributed by atoms with Gasteiger partial charge in [-0.25, -0.2) is 13.6 Å². The van der Waals surface area contributed by atoms with Crippen molar-refractivity contribution in [2.24, 2.45) is 0 Å². The lowest BCUT2D eigenvalue weighted by molar-refractivity contribution is 0.163. The quantitative estimate of drug-likeness (QED) is 0.542. The van der Waals surface area contributed by atoms with Gasteiger partial charge in [0.05, 0.1) is 23.3 Å². The molecule has 4 aromatic rings. The molecule has 2 aromatic carbocycles. The van der Waals surface area contributed by atoms with Gasteiger partial charge in [0.15, 0.2) is 5.58 Å². The molecule has 140 valence electrons. The molecule has 0 unspecified atom stereocenters. The molecule has 2 aromatic heterocycles. The first-order valence-electron chi connectivity index (χ1n) is 8.07. The summed E-state index contributed by atoms with van der Waals surface area (Å²) >= 11 is 0. The van der Waals surface area contributed by atoms with Gasteiger partial charge in [-0.3, -0.25) is 4.98 Å². The Hall–Kier alpha value is -4.00. The van der Waals surface area contributed by atoms with E-state index in [0.29, 0.717) is 27.9 Å². The Bertz CT molecular complexity index is 1250. The van der Waals surface area contributed by atoms with E-state index in [9.17, 15) is 18.8 Å². The molecule has 0 saturated carbocycles. The van der Waals surface area contributed by atoms with Crippen molar-refractivity contribution in [1.82, 2.24) is 15.2 Å². The maximum Gasteiger partial charge on any atom is 0.417 e. The Morgan fingerprint density at radius 1 is 1.11 bits per heavy atom. The van der Waals surface area contributed by atoms with Crippen LogP contribution in [-0.2, 0) is 0 Å². The molecule has 0 amide bonds. The van der Waals surface area contributed by atoms with Crippen LogP contribution in [-0.4, -0.2) is 28.2 Å². The van der Waals surface area contributed by atoms with Crippen LogP contribution >= 0.6 is 0 Å². The van der Waals surface area contributed by atoms with Crippen molar-refractivity contribution in [3.05, 3.63) is 52.5 Å². The van der Waals surface area contributed by atoms with Gasteiger partial charge >= 0.3 is 5.76 Å². The minimum Gasteiger partial charge on any atom is -0.416 e. The van der Waals surface area contributed by atoms with E-state index in [1.54, 1.807) is 24.3 Å². The maximum atomic E-state index is 12.4. The van der Waals surface area contributed by atoms with E-state index < -0.39 is 18.7 Å². The second-order valence-corrected chi connectivity index (χ2v) is 5.78. The monoisotopic (exact) mass is 383 g/mol. The lowest BCUT2D eigenvalue weighted by Crippen LogP contribution is -2.11. The fraction of sp³-hybridized carbons (Fsp3) is 0.111. The summed E-state index contributed by atoms with van der Waals surface area (Å²) in [6.07, 6.45) is -2.53. The number of nitriles is 1. The van der Waals surface area contributed by atoms with Crippen molar-refractivity contribution >= 4 is 16.8 Å². The molecule has 0 aliphatic heterocycles. The third-order valence-electron chi connectivity index (χ3n) is 3.92. The van der Waals surface area contributed by atoms with E-state index in [-0.39, 0.29) is 17.3 Å². The predicted molar refractivity (Wildman–Crippen MR) is 94.8 cm³/mol. The maximum absolute atomic E-state index is 12.4. The molecule has 0 radical (unpaired) electrons. The summed E-state index contributed by atoms with van der Waals surface area (Å²) in [5.74, 6) is -0.201. The highest BCUT2D eigenvalue weighted by molar-refractivity contribution is 5.78. The number of hydrogen-bond donors (Lipinski definition) is 2. The Morgan fingerprint density at radius 3 is 2.54 bits per heavy atom. The van der Waals surface area contributed by atoms with Gasteiger partial charge in [-0.05, 0) is 36.4 Å². The number of halogens is 2. The molecule has 28 heavy (non-hydrogen) atoms. The first-order chi connectivity index (χ1) is 13.5. The molecule has 0 spiro atoms. The highest BCUT2D eigenvalue weighted by Gasteiger charge is 2.14. The van der Waals surface area contributed by atoms with Crippen LogP contribution in [0.4, 0.5) is 14.5 Å². The van der Waals surface area contributed by atoms with Crippen molar-refractivity contribution in [2.75, 3.05) is 11.9 Å². The van der Waals surface area contributed by atoms with Crippen LogP contribution < -0.4 is 11.1 Å². The minimum absolute atomic E-state index is 0.160. The second-order valence-electron chi connectivity index (χ2n) is 5.78. The van der Waals surface area contributed by atoms with E-state index in [4.69, 9.17) is 8.83 Å². The summed E-state index contributed by atoms with van der Waals surface area (Å²) in [6, 6.07) is 11.4. The van der Waals surface area contributed by atoms with Crippen LogP contribution in [0.5, 0.6) is 0 Å². The van der Waals surface area contributed by atoms with Gasteiger partial charge in [0, 0.05) is 11.1 Å². The lowest BCUT2D eigenvalue weighted by atomic mass is 10.1. The molecule has 0 atom stereocenters. The number of fused-ring (bicyclic) bond motifs is 1. The summed E-state index contributed by atoms with van der Waals surface area (Å²) < 4.78 is 35.3. The molecule has 0 saturated heterocycles. The Kier molecular flexibility index (Phi) is 4.33. The first-order valence-corrected chi connectivity index (χ1v) is 8.07. The van der Waals surface area contributed by atoms with Crippen LogP contribution in [0, 0.1) is 11.3 Å². The Labute approximate surface area is 155 Å². The zero-order valence-corrected chi connectivity index (χ0v) is 14.1. The third kappa shape index (κ3) is 3.33. The number of anilines is 1. The zero-order chi connectivity index (χ0) is 19.7. The molecule has 2 heterocycles. The molecule has 8 nitrogen and oxygen atoms in total. The average molecular weight is 383 g/mol. The van der Waals surface area contributed by atoms with Gasteiger partial charge in [-0.15, -0.1) is 10.2 Å². The second kappa shape index (κ2) is 6.96. The van der Waals surface area contributed by atoms with E-state index in [0.717, 1.165) is 0 Å². The fourth-order valence-corrected chi connectivity index (χ4v) is 2.65. The van der Waals surface area contributed by atoms with Crippen molar-refractivity contribution in [2.45, 2.75) is 6.43 Å². The molecule has 2 N–H and O–H groups in total. The number of oxazole rings is 1. The third-order valence-corrected chi connectivity index (χ3v) is 3.92. The number of aromatic amines is 1. The van der Waals surface area contributed by atoms with Crippen LogP contribution in [0.25, 0.3) is 34.0 Å². The number of benzene rings is 2. The van der Waals surface area contributed by atoms with Gasteiger partial charge in [-0.2, -0.15) is 5.26 Å². The summed E-state index contributed by atoms with van der Waals surface area (Å²) in [4.78, 5) is 13.8. The largest absolute Gasteiger partial charge is 0.417 e. The smallest absolute Gasteiger partial charge is 0.416 e. The SMILES string of the molecule is N#Cc1cc(-c2nnc(-c3ccc4oc(=O)[nH]c4c3)o2)ccc1NCC(F)F. The van der Waals surface area contributed by atoms with E-state index in [2.05, 4.69) is 20.5 Å². The molecule has 0 fully saturated rings. The fourth-order valence-electron chi connectivity index (χ4n) is 2.65. The van der Waals surface area contributed by atoms with Crippen molar-refractivity contribution < 1.29 is 17.6 Å². The molecule has 0 aliphatic rings. The van der Waals surface area contributed by atoms with Gasteiger partial charge in [0.2, 0.25) is 11.8 Å². The van der Waals surface area contributed by atoms with Gasteiger partial charge in [0.25, 0.3) is 6.43 Å². The number of rotatable bonds is 5. The summed E-state index contributed by atoms with van der Waals surface area (Å²) in [6.45, 7) is -0.558. The first kappa shape index (κ1) is 17.4. The van der Waals surface area contributed by atoms with Crippen LogP contribution in [0.15, 0.2) is 50.0 Å².